The Morgan fingerprint density at radius 3 is 2.69 bits per heavy atom. The molecule has 0 spiro atoms. The van der Waals surface area contributed by atoms with Gasteiger partial charge in [0.25, 0.3) is 0 Å². The molecule has 0 saturated heterocycles. The van der Waals surface area contributed by atoms with Crippen molar-refractivity contribution < 1.29 is 4.74 Å². The third-order valence-corrected chi connectivity index (χ3v) is 2.50. The average Bonchev–Trinajstić information content (AvgIpc) is 2.50. The summed E-state index contributed by atoms with van der Waals surface area (Å²) in [4.78, 5) is 0. The van der Waals surface area contributed by atoms with Gasteiger partial charge < -0.3 is 4.74 Å². The highest BCUT2D eigenvalue weighted by molar-refractivity contribution is 7.11. The van der Waals surface area contributed by atoms with E-state index in [9.17, 15) is 0 Å². The summed E-state index contributed by atoms with van der Waals surface area (Å²) in [5.74, 6) is 0.597. The van der Waals surface area contributed by atoms with E-state index in [1.807, 2.05) is 13.8 Å². The molecule has 1 heterocycles. The molecule has 1 aromatic heterocycles. The lowest BCUT2D eigenvalue weighted by Crippen LogP contribution is -2.01. The molecule has 13 heavy (non-hydrogen) atoms. The van der Waals surface area contributed by atoms with E-state index in [0.717, 1.165) is 16.4 Å². The maximum absolute atomic E-state index is 5.58. The summed E-state index contributed by atoms with van der Waals surface area (Å²) in [6.45, 7) is 4.55. The predicted molar refractivity (Wildman–Crippen MR) is 54.3 cm³/mol. The summed E-state index contributed by atoms with van der Waals surface area (Å²) < 4.78 is 5.39. The lowest BCUT2D eigenvalue weighted by atomic mass is 10.5. The molecule has 0 aromatic carbocycles. The third kappa shape index (κ3) is 4.02. The number of rotatable bonds is 5. The van der Waals surface area contributed by atoms with E-state index in [0.29, 0.717) is 12.5 Å². The van der Waals surface area contributed by atoms with E-state index in [1.54, 1.807) is 11.3 Å². The monoisotopic (exact) mass is 220 g/mol. The quantitative estimate of drug-likeness (QED) is 0.714. The number of halogens is 1. The summed E-state index contributed by atoms with van der Waals surface area (Å²) in [5, 5.41) is 9.89. The van der Waals surface area contributed by atoms with Crippen LogP contribution in [0.2, 0.25) is 0 Å². The number of alkyl halides is 1. The van der Waals surface area contributed by atoms with E-state index >= 15 is 0 Å². The first kappa shape index (κ1) is 10.9. The van der Waals surface area contributed by atoms with Gasteiger partial charge in [-0.1, -0.05) is 11.3 Å². The molecule has 0 bridgehead atoms. The second-order valence-electron chi connectivity index (χ2n) is 2.89. The largest absolute Gasteiger partial charge is 0.372 e. The van der Waals surface area contributed by atoms with Crippen molar-refractivity contribution in [2.45, 2.75) is 33.0 Å². The van der Waals surface area contributed by atoms with Gasteiger partial charge in [-0.2, -0.15) is 0 Å². The van der Waals surface area contributed by atoms with Crippen molar-refractivity contribution in [1.29, 1.82) is 0 Å². The molecule has 5 heteroatoms. The molecule has 0 radical (unpaired) electrons. The maximum atomic E-state index is 5.58. The Balaban J connectivity index is 2.39. The zero-order valence-electron chi connectivity index (χ0n) is 7.79. The lowest BCUT2D eigenvalue weighted by molar-refractivity contribution is 0.0652. The summed E-state index contributed by atoms with van der Waals surface area (Å²) in [7, 11) is 0. The Labute approximate surface area is 87.1 Å². The van der Waals surface area contributed by atoms with Gasteiger partial charge in [0, 0.05) is 12.3 Å². The first-order valence-electron chi connectivity index (χ1n) is 4.21. The van der Waals surface area contributed by atoms with E-state index < -0.39 is 0 Å². The van der Waals surface area contributed by atoms with Crippen LogP contribution in [0.5, 0.6) is 0 Å². The zero-order chi connectivity index (χ0) is 9.68. The van der Waals surface area contributed by atoms with E-state index in [2.05, 4.69) is 10.2 Å². The smallest absolute Gasteiger partial charge is 0.143 e. The van der Waals surface area contributed by atoms with Gasteiger partial charge in [0.2, 0.25) is 0 Å². The first-order chi connectivity index (χ1) is 6.22. The van der Waals surface area contributed by atoms with Crippen molar-refractivity contribution in [3.63, 3.8) is 0 Å². The van der Waals surface area contributed by atoms with Crippen LogP contribution in [0.25, 0.3) is 0 Å². The molecule has 74 valence electrons. The van der Waals surface area contributed by atoms with Crippen LogP contribution in [0.1, 0.15) is 23.9 Å². The fourth-order valence-electron chi connectivity index (χ4n) is 0.767. The number of aryl methyl sites for hydroxylation is 1. The Hall–Kier alpha value is -0.190. The molecule has 0 N–H and O–H groups in total. The van der Waals surface area contributed by atoms with Crippen LogP contribution in [-0.2, 0) is 17.8 Å². The Morgan fingerprint density at radius 2 is 2.08 bits per heavy atom. The van der Waals surface area contributed by atoms with Crippen LogP contribution in [0.3, 0.4) is 0 Å². The Morgan fingerprint density at radius 1 is 1.38 bits per heavy atom. The number of nitrogens with zero attached hydrogens (tertiary/aromatic N) is 2. The second kappa shape index (κ2) is 5.52. The average molecular weight is 221 g/mol. The third-order valence-electron chi connectivity index (χ3n) is 1.36. The summed E-state index contributed by atoms with van der Waals surface area (Å²) in [5.41, 5.74) is 0. The van der Waals surface area contributed by atoms with Gasteiger partial charge in [0.15, 0.2) is 0 Å². The number of hydrogen-bond acceptors (Lipinski definition) is 4. The van der Waals surface area contributed by atoms with Crippen molar-refractivity contribution in [1.82, 2.24) is 10.2 Å². The topological polar surface area (TPSA) is 35.0 Å². The minimum Gasteiger partial charge on any atom is -0.372 e. The molecule has 0 saturated carbocycles. The van der Waals surface area contributed by atoms with Gasteiger partial charge in [0.1, 0.15) is 16.6 Å². The lowest BCUT2D eigenvalue weighted by Gasteiger charge is -2.03. The van der Waals surface area contributed by atoms with Crippen LogP contribution >= 0.6 is 22.9 Å². The molecule has 0 fully saturated rings. The molecule has 0 atom stereocenters. The molecule has 0 aliphatic rings. The summed E-state index contributed by atoms with van der Waals surface area (Å²) in [6.07, 6.45) is 1.03. The van der Waals surface area contributed by atoms with E-state index in [-0.39, 0.29) is 6.10 Å². The number of aromatic nitrogens is 2. The predicted octanol–water partition coefficient (Wildman–Crippen LogP) is 2.24. The van der Waals surface area contributed by atoms with Crippen LogP contribution < -0.4 is 0 Å². The van der Waals surface area contributed by atoms with Crippen LogP contribution in [-0.4, -0.2) is 22.2 Å². The van der Waals surface area contributed by atoms with Gasteiger partial charge in [-0.15, -0.1) is 21.8 Å². The fraction of sp³-hybridized carbons (Fsp3) is 0.750. The van der Waals surface area contributed by atoms with Crippen LogP contribution in [0.15, 0.2) is 0 Å². The standard InChI is InChI=1S/C8H13ClN2OS/c1-6(2)12-5-8-11-10-7(13-8)3-4-9/h6H,3-5H2,1-2H3. The zero-order valence-corrected chi connectivity index (χ0v) is 9.36. The second-order valence-corrected chi connectivity index (χ2v) is 4.41. The van der Waals surface area contributed by atoms with Crippen molar-refractivity contribution in [3.05, 3.63) is 10.0 Å². The summed E-state index contributed by atoms with van der Waals surface area (Å²) >= 11 is 7.15. The van der Waals surface area contributed by atoms with Crippen molar-refractivity contribution >= 4 is 22.9 Å². The number of hydrogen-bond donors (Lipinski definition) is 0. The fourth-order valence-corrected chi connectivity index (χ4v) is 1.82. The summed E-state index contributed by atoms with van der Waals surface area (Å²) in [6, 6.07) is 0. The van der Waals surface area contributed by atoms with Crippen molar-refractivity contribution in [3.8, 4) is 0 Å². The highest BCUT2D eigenvalue weighted by Gasteiger charge is 2.04. The van der Waals surface area contributed by atoms with E-state index in [4.69, 9.17) is 16.3 Å². The highest BCUT2D eigenvalue weighted by atomic mass is 35.5. The Bertz CT molecular complexity index is 252. The maximum Gasteiger partial charge on any atom is 0.143 e. The molecule has 0 amide bonds. The number of ether oxygens (including phenoxy) is 1. The van der Waals surface area contributed by atoms with Crippen molar-refractivity contribution in [2.75, 3.05) is 5.88 Å². The van der Waals surface area contributed by atoms with Gasteiger partial charge in [0.05, 0.1) is 6.10 Å². The van der Waals surface area contributed by atoms with Gasteiger partial charge >= 0.3 is 0 Å². The normalized spacial score (nSPS) is 11.1. The van der Waals surface area contributed by atoms with Gasteiger partial charge in [-0.3, -0.25) is 0 Å². The molecule has 3 nitrogen and oxygen atoms in total. The Kier molecular flexibility index (Phi) is 4.62. The van der Waals surface area contributed by atoms with Gasteiger partial charge in [-0.25, -0.2) is 0 Å². The van der Waals surface area contributed by atoms with Crippen LogP contribution in [0.4, 0.5) is 0 Å². The highest BCUT2D eigenvalue weighted by Crippen LogP contribution is 2.12. The van der Waals surface area contributed by atoms with E-state index in [1.165, 1.54) is 0 Å². The molecule has 0 aliphatic heterocycles. The molecule has 0 aliphatic carbocycles. The first-order valence-corrected chi connectivity index (χ1v) is 5.56. The van der Waals surface area contributed by atoms with Crippen molar-refractivity contribution in [2.24, 2.45) is 0 Å². The minimum absolute atomic E-state index is 0.236. The molecule has 1 rings (SSSR count). The van der Waals surface area contributed by atoms with Crippen LogP contribution in [0, 0.1) is 0 Å². The molecular weight excluding hydrogens is 208 g/mol. The molecule has 0 unspecified atom stereocenters. The SMILES string of the molecule is CC(C)OCc1nnc(CCCl)s1. The molecule has 1 aromatic rings. The minimum atomic E-state index is 0.236. The molecular formula is C8H13ClN2OS. The van der Waals surface area contributed by atoms with Gasteiger partial charge in [-0.05, 0) is 13.8 Å².